The maximum absolute atomic E-state index is 11.7. The fourth-order valence-electron chi connectivity index (χ4n) is 3.19. The van der Waals surface area contributed by atoms with E-state index < -0.39 is 25.5 Å². The number of anilines is 1. The smallest absolute Gasteiger partial charge is 0.312 e. The van der Waals surface area contributed by atoms with E-state index in [1.807, 2.05) is 34.9 Å². The maximum atomic E-state index is 11.7. The van der Waals surface area contributed by atoms with E-state index >= 15 is 0 Å². The molecule has 11 heteroatoms. The van der Waals surface area contributed by atoms with Gasteiger partial charge in [0, 0.05) is 18.3 Å². The highest BCUT2D eigenvalue weighted by Crippen LogP contribution is 2.32. The maximum Gasteiger partial charge on any atom is 0.312 e. The van der Waals surface area contributed by atoms with Crippen molar-refractivity contribution in [2.45, 2.75) is 11.4 Å². The molecule has 2 aromatic heterocycles. The number of sulfonamides is 1. The van der Waals surface area contributed by atoms with E-state index in [9.17, 15) is 18.5 Å². The van der Waals surface area contributed by atoms with Gasteiger partial charge in [-0.1, -0.05) is 24.3 Å². The molecule has 0 atom stereocenters. The molecule has 0 aliphatic carbocycles. The molecule has 2 heterocycles. The van der Waals surface area contributed by atoms with Crippen LogP contribution in [0.3, 0.4) is 0 Å². The minimum absolute atomic E-state index is 0.0387. The van der Waals surface area contributed by atoms with Gasteiger partial charge in [0.05, 0.1) is 16.0 Å². The number of hydrogen-bond acceptors (Lipinski definition) is 7. The number of nitrogens with zero attached hydrogens (tertiary/aromatic N) is 4. The number of para-hydroxylation sites is 3. The number of imidazole rings is 1. The lowest BCUT2D eigenvalue weighted by Crippen LogP contribution is -2.15. The Labute approximate surface area is 171 Å². The lowest BCUT2D eigenvalue weighted by Gasteiger charge is -2.13. The van der Waals surface area contributed by atoms with Gasteiger partial charge >= 0.3 is 5.69 Å². The Morgan fingerprint density at radius 3 is 2.63 bits per heavy atom. The summed E-state index contributed by atoms with van der Waals surface area (Å²) in [5, 5.41) is 19.6. The average Bonchev–Trinajstić information content (AvgIpc) is 3.15. The van der Waals surface area contributed by atoms with Gasteiger partial charge in [0.1, 0.15) is 17.8 Å². The van der Waals surface area contributed by atoms with Crippen LogP contribution in [0.1, 0.15) is 5.56 Å². The van der Waals surface area contributed by atoms with E-state index in [-0.39, 0.29) is 12.2 Å². The molecule has 0 amide bonds. The number of nitro benzene ring substituents is 1. The zero-order valence-electron chi connectivity index (χ0n) is 15.5. The van der Waals surface area contributed by atoms with Crippen LogP contribution >= 0.6 is 0 Å². The molecule has 0 unspecified atom stereocenters. The zero-order valence-corrected chi connectivity index (χ0v) is 16.3. The summed E-state index contributed by atoms with van der Waals surface area (Å²) in [6.07, 6.45) is 3.29. The molecule has 4 rings (SSSR count). The van der Waals surface area contributed by atoms with Crippen molar-refractivity contribution in [3.63, 3.8) is 0 Å². The zero-order chi connectivity index (χ0) is 21.3. The molecule has 0 spiro atoms. The Bertz CT molecular complexity index is 1370. The Morgan fingerprint density at radius 2 is 1.87 bits per heavy atom. The van der Waals surface area contributed by atoms with Crippen LogP contribution in [-0.2, 0) is 16.6 Å². The molecule has 0 saturated heterocycles. The van der Waals surface area contributed by atoms with Crippen LogP contribution in [0, 0.1) is 10.1 Å². The molecule has 3 N–H and O–H groups in total. The van der Waals surface area contributed by atoms with Crippen molar-refractivity contribution in [2.24, 2.45) is 5.14 Å². The predicted octanol–water partition coefficient (Wildman–Crippen LogP) is 2.59. The number of nitrogens with one attached hydrogen (secondary N) is 1. The highest BCUT2D eigenvalue weighted by Gasteiger charge is 2.26. The third kappa shape index (κ3) is 3.58. The number of fused-ring (bicyclic) bond motifs is 1. The van der Waals surface area contributed by atoms with Crippen LogP contribution in [0.2, 0.25) is 0 Å². The van der Waals surface area contributed by atoms with Gasteiger partial charge in [-0.15, -0.1) is 0 Å². The normalized spacial score (nSPS) is 11.5. The fourth-order valence-corrected chi connectivity index (χ4v) is 3.91. The summed E-state index contributed by atoms with van der Waals surface area (Å²) in [5.74, 6) is 0.601. The lowest BCUT2D eigenvalue weighted by atomic mass is 10.2. The summed E-state index contributed by atoms with van der Waals surface area (Å²) < 4.78 is 25.3. The van der Waals surface area contributed by atoms with Crippen molar-refractivity contribution in [1.29, 1.82) is 0 Å². The number of nitro groups is 1. The number of primary sulfonamides is 1. The number of aromatic nitrogens is 3. The van der Waals surface area contributed by atoms with Crippen LogP contribution in [0.5, 0.6) is 0 Å². The van der Waals surface area contributed by atoms with Crippen molar-refractivity contribution in [3.8, 4) is 5.82 Å². The molecule has 0 radical (unpaired) electrons. The number of pyridine rings is 1. The van der Waals surface area contributed by atoms with E-state index in [0.717, 1.165) is 22.7 Å². The van der Waals surface area contributed by atoms with Crippen molar-refractivity contribution in [3.05, 3.63) is 82.8 Å². The van der Waals surface area contributed by atoms with Crippen LogP contribution in [0.15, 0.2) is 72.0 Å². The molecule has 0 aliphatic rings. The number of hydrogen-bond donors (Lipinski definition) is 2. The predicted molar refractivity (Wildman–Crippen MR) is 111 cm³/mol. The van der Waals surface area contributed by atoms with Gasteiger partial charge in [-0.05, 0) is 30.3 Å². The first-order valence-electron chi connectivity index (χ1n) is 8.76. The minimum Gasteiger partial charge on any atom is -0.375 e. The second kappa shape index (κ2) is 7.54. The molecule has 10 nitrogen and oxygen atoms in total. The number of benzene rings is 2. The van der Waals surface area contributed by atoms with Gasteiger partial charge in [0.15, 0.2) is 4.90 Å². The molecular formula is C19H16N6O4S. The third-order valence-electron chi connectivity index (χ3n) is 4.51. The Hall–Kier alpha value is -3.83. The van der Waals surface area contributed by atoms with E-state index in [1.165, 1.54) is 12.1 Å². The van der Waals surface area contributed by atoms with Crippen molar-refractivity contribution in [1.82, 2.24) is 14.5 Å². The fraction of sp³-hybridized carbons (Fsp3) is 0.0526. The summed E-state index contributed by atoms with van der Waals surface area (Å²) in [5.41, 5.74) is 1.84. The van der Waals surface area contributed by atoms with Crippen molar-refractivity contribution >= 4 is 32.4 Å². The lowest BCUT2D eigenvalue weighted by molar-refractivity contribution is -0.386. The molecule has 2 aromatic carbocycles. The average molecular weight is 424 g/mol. The van der Waals surface area contributed by atoms with E-state index in [1.54, 1.807) is 18.6 Å². The second-order valence-corrected chi connectivity index (χ2v) is 7.93. The first-order chi connectivity index (χ1) is 14.4. The molecule has 30 heavy (non-hydrogen) atoms. The first-order valence-corrected chi connectivity index (χ1v) is 10.3. The monoisotopic (exact) mass is 424 g/mol. The summed E-state index contributed by atoms with van der Waals surface area (Å²) in [6.45, 7) is 0.157. The van der Waals surface area contributed by atoms with Crippen molar-refractivity contribution in [2.75, 3.05) is 5.32 Å². The largest absolute Gasteiger partial charge is 0.375 e. The van der Waals surface area contributed by atoms with Gasteiger partial charge < -0.3 is 5.32 Å². The summed E-state index contributed by atoms with van der Waals surface area (Å²) in [7, 11) is -4.26. The second-order valence-electron chi connectivity index (χ2n) is 6.40. The Morgan fingerprint density at radius 1 is 1.07 bits per heavy atom. The molecule has 0 fully saturated rings. The van der Waals surface area contributed by atoms with Crippen LogP contribution in [-0.4, -0.2) is 27.9 Å². The highest BCUT2D eigenvalue weighted by atomic mass is 32.2. The molecule has 4 aromatic rings. The quantitative estimate of drug-likeness (QED) is 0.357. The van der Waals surface area contributed by atoms with Crippen LogP contribution in [0.25, 0.3) is 16.9 Å². The number of rotatable bonds is 6. The Kier molecular flexibility index (Phi) is 4.90. The van der Waals surface area contributed by atoms with Gasteiger partial charge in [0.2, 0.25) is 10.0 Å². The van der Waals surface area contributed by atoms with Gasteiger partial charge in [0.25, 0.3) is 0 Å². The highest BCUT2D eigenvalue weighted by molar-refractivity contribution is 7.89. The SMILES string of the molecule is NS(=O)(=O)c1cccc(NCc2cccnc2-n2cnc3ccccc32)c1[N+](=O)[O-]. The molecule has 0 bridgehead atoms. The Balaban J connectivity index is 1.72. The van der Waals surface area contributed by atoms with Crippen LogP contribution in [0.4, 0.5) is 11.4 Å². The third-order valence-corrected chi connectivity index (χ3v) is 5.45. The van der Waals surface area contributed by atoms with E-state index in [0.29, 0.717) is 5.82 Å². The van der Waals surface area contributed by atoms with E-state index in [2.05, 4.69) is 15.3 Å². The molecule has 0 aliphatic heterocycles. The van der Waals surface area contributed by atoms with Gasteiger partial charge in [-0.25, -0.2) is 23.5 Å². The standard InChI is InChI=1S/C19H16N6O4S/c20-30(28,29)17-9-3-7-15(18(17)25(26)27)22-11-13-5-4-10-21-19(13)24-12-23-14-6-1-2-8-16(14)24/h1-10,12,22H,11H2,(H2,20,28,29). The number of nitrogens with two attached hydrogens (primary N) is 1. The summed E-state index contributed by atoms with van der Waals surface area (Å²) in [4.78, 5) is 19.0. The minimum atomic E-state index is -4.26. The molecule has 0 saturated carbocycles. The summed E-state index contributed by atoms with van der Waals surface area (Å²) in [6, 6.07) is 15.1. The van der Waals surface area contributed by atoms with Crippen molar-refractivity contribution < 1.29 is 13.3 Å². The first kappa shape index (κ1) is 19.5. The topological polar surface area (TPSA) is 146 Å². The van der Waals surface area contributed by atoms with E-state index in [4.69, 9.17) is 5.14 Å². The summed E-state index contributed by atoms with van der Waals surface area (Å²) >= 11 is 0. The van der Waals surface area contributed by atoms with Crippen LogP contribution < -0.4 is 10.5 Å². The van der Waals surface area contributed by atoms with Gasteiger partial charge in [-0.2, -0.15) is 0 Å². The van der Waals surface area contributed by atoms with Gasteiger partial charge in [-0.3, -0.25) is 14.7 Å². The molecule has 152 valence electrons. The molecular weight excluding hydrogens is 408 g/mol.